The average Bonchev–Trinajstić information content (AvgIpc) is 2.02. The highest BCUT2D eigenvalue weighted by Gasteiger charge is 2.22. The van der Waals surface area contributed by atoms with E-state index >= 15 is 0 Å². The minimum atomic E-state index is -1.34. The van der Waals surface area contributed by atoms with Gasteiger partial charge in [0.1, 0.15) is 6.04 Å². The van der Waals surface area contributed by atoms with Crippen molar-refractivity contribution in [2.45, 2.75) is 19.4 Å². The molecule has 0 aromatic heterocycles. The summed E-state index contributed by atoms with van der Waals surface area (Å²) < 4.78 is 4.44. The molecule has 80 valence electrons. The topological polar surface area (TPSA) is 119 Å². The number of rotatable bonds is 5. The molecule has 7 heteroatoms. The maximum absolute atomic E-state index is 10.8. The Morgan fingerprint density at radius 2 is 2.07 bits per heavy atom. The molecule has 0 saturated heterocycles. The molecule has 4 N–H and O–H groups in total. The molecule has 0 fully saturated rings. The average molecular weight is 204 g/mol. The molecule has 0 heterocycles. The number of carbonyl (C=O) groups excluding carboxylic acids is 2. The molecule has 14 heavy (non-hydrogen) atoms. The monoisotopic (exact) mass is 204 g/mol. The van der Waals surface area contributed by atoms with Crippen molar-refractivity contribution in [2.24, 2.45) is 5.73 Å². The number of aliphatic carboxylic acids is 1. The highest BCUT2D eigenvalue weighted by atomic mass is 16.5. The summed E-state index contributed by atoms with van der Waals surface area (Å²) in [5.74, 6) is -2.15. The molecule has 0 aliphatic rings. The Hall–Kier alpha value is -1.79. The van der Waals surface area contributed by atoms with Gasteiger partial charge in [0.2, 0.25) is 5.91 Å². The van der Waals surface area contributed by atoms with E-state index in [1.54, 1.807) is 6.92 Å². The first-order valence-electron chi connectivity index (χ1n) is 3.91. The molecule has 0 spiro atoms. The van der Waals surface area contributed by atoms with Crippen LogP contribution >= 0.6 is 0 Å². The van der Waals surface area contributed by atoms with Gasteiger partial charge in [0.25, 0.3) is 0 Å². The third kappa shape index (κ3) is 4.96. The largest absolute Gasteiger partial charge is 0.480 e. The van der Waals surface area contributed by atoms with E-state index in [1.165, 1.54) is 0 Å². The third-order valence-electron chi connectivity index (χ3n) is 1.27. The van der Waals surface area contributed by atoms with E-state index in [-0.39, 0.29) is 6.61 Å². The van der Waals surface area contributed by atoms with Crippen molar-refractivity contribution in [3.8, 4) is 0 Å². The van der Waals surface area contributed by atoms with Crippen LogP contribution in [0.25, 0.3) is 0 Å². The summed E-state index contributed by atoms with van der Waals surface area (Å²) >= 11 is 0. The van der Waals surface area contributed by atoms with Crippen molar-refractivity contribution in [3.05, 3.63) is 0 Å². The summed E-state index contributed by atoms with van der Waals surface area (Å²) in [6, 6.07) is -1.34. The molecular formula is C7H12N2O5. The lowest BCUT2D eigenvalue weighted by atomic mass is 10.2. The van der Waals surface area contributed by atoms with E-state index in [1.807, 2.05) is 5.32 Å². The van der Waals surface area contributed by atoms with Gasteiger partial charge in [0.15, 0.2) is 0 Å². The van der Waals surface area contributed by atoms with Gasteiger partial charge in [0, 0.05) is 0 Å². The highest BCUT2D eigenvalue weighted by molar-refractivity contribution is 5.86. The maximum Gasteiger partial charge on any atom is 0.407 e. The van der Waals surface area contributed by atoms with Gasteiger partial charge in [-0.3, -0.25) is 4.79 Å². The zero-order valence-corrected chi connectivity index (χ0v) is 7.65. The van der Waals surface area contributed by atoms with Crippen LogP contribution in [0, 0.1) is 0 Å². The normalized spacial score (nSPS) is 11.5. The van der Waals surface area contributed by atoms with Crippen LogP contribution in [-0.4, -0.2) is 35.7 Å². The smallest absolute Gasteiger partial charge is 0.407 e. The highest BCUT2D eigenvalue weighted by Crippen LogP contribution is 1.92. The summed E-state index contributed by atoms with van der Waals surface area (Å²) in [6.07, 6.45) is -1.35. The van der Waals surface area contributed by atoms with Gasteiger partial charge in [-0.2, -0.15) is 0 Å². The summed E-state index contributed by atoms with van der Waals surface area (Å²) in [5, 5.41) is 10.5. The Balaban J connectivity index is 4.16. The number of primary amides is 1. The van der Waals surface area contributed by atoms with Crippen LogP contribution in [0.15, 0.2) is 0 Å². The maximum atomic E-state index is 10.8. The number of carboxylic acid groups (broad SMARTS) is 1. The fourth-order valence-corrected chi connectivity index (χ4v) is 0.716. The molecule has 0 saturated carbocycles. The Labute approximate surface area is 80.2 Å². The fourth-order valence-electron chi connectivity index (χ4n) is 0.716. The van der Waals surface area contributed by atoms with E-state index in [0.717, 1.165) is 0 Å². The lowest BCUT2D eigenvalue weighted by Crippen LogP contribution is -2.43. The molecule has 7 nitrogen and oxygen atoms in total. The molecular weight excluding hydrogens is 192 g/mol. The Bertz CT molecular complexity index is 240. The molecule has 0 aromatic carbocycles. The summed E-state index contributed by atoms with van der Waals surface area (Å²) in [4.78, 5) is 31.7. The van der Waals surface area contributed by atoms with E-state index in [9.17, 15) is 14.4 Å². The number of carbonyl (C=O) groups is 3. The van der Waals surface area contributed by atoms with Crippen LogP contribution in [0.5, 0.6) is 0 Å². The quantitative estimate of drug-likeness (QED) is 0.534. The lowest BCUT2D eigenvalue weighted by molar-refractivity contribution is -0.141. The van der Waals surface area contributed by atoms with Gasteiger partial charge in [-0.15, -0.1) is 0 Å². The van der Waals surface area contributed by atoms with E-state index in [4.69, 9.17) is 10.8 Å². The second-order valence-corrected chi connectivity index (χ2v) is 2.43. The molecule has 0 aliphatic carbocycles. The SMILES string of the molecule is CCOC(=O)N[C@@H](CC(N)=O)C(=O)O. The first-order valence-corrected chi connectivity index (χ1v) is 3.91. The number of nitrogens with two attached hydrogens (primary N) is 1. The van der Waals surface area contributed by atoms with Gasteiger partial charge in [0.05, 0.1) is 13.0 Å². The Morgan fingerprint density at radius 3 is 2.43 bits per heavy atom. The summed E-state index contributed by atoms with van der Waals surface area (Å²) in [5.41, 5.74) is 4.79. The first kappa shape index (κ1) is 12.2. The lowest BCUT2D eigenvalue weighted by Gasteiger charge is -2.11. The standard InChI is InChI=1S/C7H12N2O5/c1-2-14-7(13)9-4(6(11)12)3-5(8)10/h4H,2-3H2,1H3,(H2,8,10)(H,9,13)(H,11,12)/t4-/m0/s1. The first-order chi connectivity index (χ1) is 6.47. The van der Waals surface area contributed by atoms with Crippen LogP contribution in [0.3, 0.4) is 0 Å². The molecule has 0 aliphatic heterocycles. The summed E-state index contributed by atoms with van der Waals surface area (Å²) in [7, 11) is 0. The van der Waals surface area contributed by atoms with Crippen molar-refractivity contribution >= 4 is 18.0 Å². The Morgan fingerprint density at radius 1 is 1.50 bits per heavy atom. The van der Waals surface area contributed by atoms with E-state index in [0.29, 0.717) is 0 Å². The molecule has 0 bridgehead atoms. The third-order valence-corrected chi connectivity index (χ3v) is 1.27. The molecule has 0 rings (SSSR count). The van der Waals surface area contributed by atoms with Crippen molar-refractivity contribution in [1.29, 1.82) is 0 Å². The van der Waals surface area contributed by atoms with Gasteiger partial charge in [-0.25, -0.2) is 9.59 Å². The van der Waals surface area contributed by atoms with Crippen LogP contribution in [-0.2, 0) is 14.3 Å². The van der Waals surface area contributed by atoms with Crippen LogP contribution in [0.2, 0.25) is 0 Å². The number of alkyl carbamates (subject to hydrolysis) is 1. The van der Waals surface area contributed by atoms with Gasteiger partial charge < -0.3 is 20.9 Å². The zero-order chi connectivity index (χ0) is 11.1. The second-order valence-electron chi connectivity index (χ2n) is 2.43. The molecule has 2 amide bonds. The second kappa shape index (κ2) is 5.79. The minimum absolute atomic E-state index is 0.120. The van der Waals surface area contributed by atoms with Crippen LogP contribution in [0.1, 0.15) is 13.3 Å². The van der Waals surface area contributed by atoms with E-state index < -0.39 is 30.4 Å². The van der Waals surface area contributed by atoms with Gasteiger partial charge in [-0.1, -0.05) is 0 Å². The molecule has 0 unspecified atom stereocenters. The predicted molar refractivity (Wildman–Crippen MR) is 45.4 cm³/mol. The number of carboxylic acids is 1. The Kier molecular flexibility index (Phi) is 5.05. The van der Waals surface area contributed by atoms with Crippen LogP contribution < -0.4 is 11.1 Å². The summed E-state index contributed by atoms with van der Waals surface area (Å²) in [6.45, 7) is 1.69. The van der Waals surface area contributed by atoms with Crippen molar-refractivity contribution in [1.82, 2.24) is 5.32 Å². The number of amides is 2. The van der Waals surface area contributed by atoms with E-state index in [2.05, 4.69) is 4.74 Å². The number of nitrogens with one attached hydrogen (secondary N) is 1. The minimum Gasteiger partial charge on any atom is -0.480 e. The van der Waals surface area contributed by atoms with Crippen molar-refractivity contribution in [2.75, 3.05) is 6.61 Å². The van der Waals surface area contributed by atoms with Gasteiger partial charge in [-0.05, 0) is 6.92 Å². The molecule has 0 radical (unpaired) electrons. The fraction of sp³-hybridized carbons (Fsp3) is 0.571. The van der Waals surface area contributed by atoms with Crippen molar-refractivity contribution in [3.63, 3.8) is 0 Å². The number of hydrogen-bond donors (Lipinski definition) is 3. The van der Waals surface area contributed by atoms with Gasteiger partial charge >= 0.3 is 12.1 Å². The van der Waals surface area contributed by atoms with Crippen molar-refractivity contribution < 1.29 is 24.2 Å². The predicted octanol–water partition coefficient (Wildman–Crippen LogP) is -0.939. The zero-order valence-electron chi connectivity index (χ0n) is 7.65. The molecule has 0 aromatic rings. The number of hydrogen-bond acceptors (Lipinski definition) is 4. The van der Waals surface area contributed by atoms with Crippen LogP contribution in [0.4, 0.5) is 4.79 Å². The molecule has 1 atom stereocenters. The number of ether oxygens (including phenoxy) is 1.